The molecule has 3 aromatic carbocycles. The molecule has 0 fully saturated rings. The van der Waals surface area contributed by atoms with Crippen LogP contribution in [0.4, 0.5) is 5.69 Å². The van der Waals surface area contributed by atoms with Gasteiger partial charge in [-0.25, -0.2) is 0 Å². The summed E-state index contributed by atoms with van der Waals surface area (Å²) in [5.74, 6) is 0.623. The first kappa shape index (κ1) is 18.6. The first-order valence-electron chi connectivity index (χ1n) is 9.71. The molecule has 0 aliphatic carbocycles. The zero-order valence-electron chi connectivity index (χ0n) is 15.7. The van der Waals surface area contributed by atoms with E-state index in [0.29, 0.717) is 11.4 Å². The van der Waals surface area contributed by atoms with Crippen LogP contribution in [0, 0.1) is 0 Å². The quantitative estimate of drug-likeness (QED) is 0.285. The number of amides is 1. The molecule has 28 heavy (non-hydrogen) atoms. The molecule has 0 saturated heterocycles. The molecule has 0 radical (unpaired) electrons. The van der Waals surface area contributed by atoms with E-state index in [-0.39, 0.29) is 5.91 Å². The average molecular weight is 391 g/mol. The number of carbonyl (C=O) groups excluding carboxylic acids is 1. The van der Waals surface area contributed by atoms with E-state index < -0.39 is 0 Å². The second kappa shape index (κ2) is 8.49. The molecular formula is C24H23ClN2O. The van der Waals surface area contributed by atoms with E-state index in [0.717, 1.165) is 53.2 Å². The lowest BCUT2D eigenvalue weighted by Crippen LogP contribution is -2.11. The van der Waals surface area contributed by atoms with Gasteiger partial charge in [-0.1, -0.05) is 61.0 Å². The summed E-state index contributed by atoms with van der Waals surface area (Å²) in [5.41, 5.74) is 2.64. The Morgan fingerprint density at radius 3 is 2.46 bits per heavy atom. The fraction of sp³-hybridized carbons (Fsp3) is 0.208. The van der Waals surface area contributed by atoms with Crippen molar-refractivity contribution in [2.45, 2.75) is 25.8 Å². The van der Waals surface area contributed by atoms with Crippen LogP contribution in [-0.2, 0) is 6.54 Å². The second-order valence-corrected chi connectivity index (χ2v) is 7.36. The first-order chi connectivity index (χ1) is 13.8. The minimum absolute atomic E-state index is 0.0768. The third-order valence-electron chi connectivity index (χ3n) is 5.10. The highest BCUT2D eigenvalue weighted by Crippen LogP contribution is 2.26. The van der Waals surface area contributed by atoms with Crippen molar-refractivity contribution in [2.75, 3.05) is 11.2 Å². The van der Waals surface area contributed by atoms with Gasteiger partial charge >= 0.3 is 0 Å². The lowest BCUT2D eigenvalue weighted by Gasteiger charge is -2.08. The first-order valence-corrected chi connectivity index (χ1v) is 10.2. The van der Waals surface area contributed by atoms with Gasteiger partial charge in [0.15, 0.2) is 0 Å². The van der Waals surface area contributed by atoms with Crippen molar-refractivity contribution >= 4 is 44.9 Å². The Morgan fingerprint density at radius 1 is 0.857 bits per heavy atom. The van der Waals surface area contributed by atoms with Gasteiger partial charge in [0.2, 0.25) is 0 Å². The second-order valence-electron chi connectivity index (χ2n) is 6.98. The molecule has 0 saturated carbocycles. The molecule has 0 atom stereocenters. The number of alkyl halides is 1. The largest absolute Gasteiger partial charge is 0.347 e. The van der Waals surface area contributed by atoms with Gasteiger partial charge in [-0.15, -0.1) is 11.6 Å². The Labute approximate surface area is 169 Å². The summed E-state index contributed by atoms with van der Waals surface area (Å²) in [4.78, 5) is 13.1. The molecule has 0 aliphatic heterocycles. The summed E-state index contributed by atoms with van der Waals surface area (Å²) < 4.78 is 2.18. The molecule has 1 heterocycles. The fourth-order valence-corrected chi connectivity index (χ4v) is 3.88. The predicted molar refractivity (Wildman–Crippen MR) is 118 cm³/mol. The summed E-state index contributed by atoms with van der Waals surface area (Å²) in [6, 6.07) is 22.1. The van der Waals surface area contributed by atoms with E-state index in [1.165, 1.54) is 0 Å². The molecule has 1 N–H and O–H groups in total. The fourth-order valence-electron chi connectivity index (χ4n) is 3.69. The summed E-state index contributed by atoms with van der Waals surface area (Å²) in [6.07, 6.45) is 5.14. The van der Waals surface area contributed by atoms with Gasteiger partial charge in [0, 0.05) is 40.6 Å². The van der Waals surface area contributed by atoms with E-state index in [1.54, 1.807) is 0 Å². The van der Waals surface area contributed by atoms with Crippen LogP contribution < -0.4 is 5.32 Å². The van der Waals surface area contributed by atoms with Crippen LogP contribution in [0.1, 0.15) is 29.6 Å². The van der Waals surface area contributed by atoms with E-state index in [2.05, 4.69) is 28.1 Å². The number of unbranched alkanes of at least 4 members (excludes halogenated alkanes) is 2. The number of anilines is 1. The van der Waals surface area contributed by atoms with Crippen molar-refractivity contribution < 1.29 is 4.79 Å². The van der Waals surface area contributed by atoms with E-state index in [4.69, 9.17) is 11.6 Å². The standard InChI is InChI=1S/C24H23ClN2O/c25-15-6-1-7-16-27-17-21(20-12-4-5-14-23(20)27)24(28)26-22-13-8-10-18-9-2-3-11-19(18)22/h2-5,8-14,17H,1,6-7,15-16H2,(H,26,28). The van der Waals surface area contributed by atoms with Gasteiger partial charge in [0.05, 0.1) is 5.56 Å². The maximum Gasteiger partial charge on any atom is 0.257 e. The maximum absolute atomic E-state index is 13.1. The number of hydrogen-bond donors (Lipinski definition) is 1. The Morgan fingerprint density at radius 2 is 1.61 bits per heavy atom. The zero-order valence-corrected chi connectivity index (χ0v) is 16.5. The monoisotopic (exact) mass is 390 g/mol. The third-order valence-corrected chi connectivity index (χ3v) is 5.37. The Hall–Kier alpha value is -2.78. The van der Waals surface area contributed by atoms with Crippen LogP contribution in [-0.4, -0.2) is 16.4 Å². The van der Waals surface area contributed by atoms with E-state index >= 15 is 0 Å². The lowest BCUT2D eigenvalue weighted by molar-refractivity contribution is 0.102. The number of carbonyl (C=O) groups is 1. The number of nitrogens with zero attached hydrogens (tertiary/aromatic N) is 1. The van der Waals surface area contributed by atoms with Crippen LogP contribution in [0.25, 0.3) is 21.7 Å². The Kier molecular flexibility index (Phi) is 5.63. The van der Waals surface area contributed by atoms with Crippen molar-refractivity contribution in [3.05, 3.63) is 78.5 Å². The highest BCUT2D eigenvalue weighted by Gasteiger charge is 2.15. The highest BCUT2D eigenvalue weighted by molar-refractivity contribution is 6.17. The molecule has 4 aromatic rings. The third kappa shape index (κ3) is 3.76. The number of hydrogen-bond acceptors (Lipinski definition) is 1. The molecule has 3 nitrogen and oxygen atoms in total. The van der Waals surface area contributed by atoms with Crippen molar-refractivity contribution in [1.29, 1.82) is 0 Å². The van der Waals surface area contributed by atoms with Gasteiger partial charge in [-0.2, -0.15) is 0 Å². The lowest BCUT2D eigenvalue weighted by atomic mass is 10.1. The molecule has 0 spiro atoms. The molecule has 142 valence electrons. The Balaban J connectivity index is 1.63. The number of halogens is 1. The summed E-state index contributed by atoms with van der Waals surface area (Å²) in [7, 11) is 0. The minimum atomic E-state index is -0.0768. The summed E-state index contributed by atoms with van der Waals surface area (Å²) in [5, 5.41) is 6.25. The number of para-hydroxylation sites is 1. The van der Waals surface area contributed by atoms with Crippen molar-refractivity contribution in [3.63, 3.8) is 0 Å². The molecule has 4 heteroatoms. The molecule has 0 unspecified atom stereocenters. The van der Waals surface area contributed by atoms with Gasteiger partial charge in [0.1, 0.15) is 0 Å². The van der Waals surface area contributed by atoms with Crippen LogP contribution in [0.5, 0.6) is 0 Å². The molecule has 4 rings (SSSR count). The van der Waals surface area contributed by atoms with Gasteiger partial charge in [0.25, 0.3) is 5.91 Å². The van der Waals surface area contributed by atoms with Crippen molar-refractivity contribution in [1.82, 2.24) is 4.57 Å². The number of aryl methyl sites for hydroxylation is 1. The summed E-state index contributed by atoms with van der Waals surface area (Å²) in [6.45, 7) is 0.888. The smallest absolute Gasteiger partial charge is 0.257 e. The number of aromatic nitrogens is 1. The number of rotatable bonds is 7. The Bertz CT molecular complexity index is 1110. The number of benzene rings is 3. The molecule has 1 aromatic heterocycles. The normalized spacial score (nSPS) is 11.2. The molecule has 0 bridgehead atoms. The predicted octanol–water partition coefficient (Wildman–Crippen LogP) is 6.46. The summed E-state index contributed by atoms with van der Waals surface area (Å²) >= 11 is 5.78. The minimum Gasteiger partial charge on any atom is -0.347 e. The van der Waals surface area contributed by atoms with E-state index in [1.807, 2.05) is 54.7 Å². The van der Waals surface area contributed by atoms with Gasteiger partial charge in [-0.05, 0) is 30.4 Å². The van der Waals surface area contributed by atoms with Crippen molar-refractivity contribution in [3.8, 4) is 0 Å². The average Bonchev–Trinajstić information content (AvgIpc) is 3.10. The zero-order chi connectivity index (χ0) is 19.3. The van der Waals surface area contributed by atoms with Crippen LogP contribution in [0.2, 0.25) is 0 Å². The highest BCUT2D eigenvalue weighted by atomic mass is 35.5. The molecule has 0 aliphatic rings. The maximum atomic E-state index is 13.1. The number of fused-ring (bicyclic) bond motifs is 2. The van der Waals surface area contributed by atoms with E-state index in [9.17, 15) is 4.79 Å². The molecule has 1 amide bonds. The van der Waals surface area contributed by atoms with Gasteiger partial charge in [-0.3, -0.25) is 4.79 Å². The van der Waals surface area contributed by atoms with Gasteiger partial charge < -0.3 is 9.88 Å². The van der Waals surface area contributed by atoms with Crippen molar-refractivity contribution in [2.24, 2.45) is 0 Å². The number of nitrogens with one attached hydrogen (secondary N) is 1. The van der Waals surface area contributed by atoms with Crippen LogP contribution >= 0.6 is 11.6 Å². The topological polar surface area (TPSA) is 34.0 Å². The molecular weight excluding hydrogens is 368 g/mol. The van der Waals surface area contributed by atoms with Crippen LogP contribution in [0.15, 0.2) is 72.9 Å². The SMILES string of the molecule is O=C(Nc1cccc2ccccc12)c1cn(CCCCCCl)c2ccccc12. The van der Waals surface area contributed by atoms with Crippen LogP contribution in [0.3, 0.4) is 0 Å².